The Kier molecular flexibility index (Phi) is 7.76. The minimum atomic E-state index is -0.127. The number of allylic oxidation sites excluding steroid dienone is 2. The first-order valence-corrected chi connectivity index (χ1v) is 9.49. The third kappa shape index (κ3) is 5.95. The minimum absolute atomic E-state index is 0.127. The molecule has 0 saturated heterocycles. The largest absolute Gasteiger partial charge is 0.366 e. The fourth-order valence-corrected chi connectivity index (χ4v) is 2.59. The van der Waals surface area contributed by atoms with Gasteiger partial charge in [-0.15, -0.1) is 0 Å². The lowest BCUT2D eigenvalue weighted by Gasteiger charge is -2.15. The van der Waals surface area contributed by atoms with E-state index in [-0.39, 0.29) is 6.04 Å². The molecule has 0 fully saturated rings. The number of nitrogens with zero attached hydrogens (tertiary/aromatic N) is 2. The second kappa shape index (κ2) is 10.3. The molecule has 0 heterocycles. The zero-order chi connectivity index (χ0) is 20.5. The zero-order valence-electron chi connectivity index (χ0n) is 17.1. The van der Waals surface area contributed by atoms with Gasteiger partial charge in [0.05, 0.1) is 0 Å². The van der Waals surface area contributed by atoms with Crippen LogP contribution < -0.4 is 10.6 Å². The molecule has 0 aromatic heterocycles. The van der Waals surface area contributed by atoms with Gasteiger partial charge in [0.1, 0.15) is 18.5 Å². The van der Waals surface area contributed by atoms with Gasteiger partial charge in [-0.05, 0) is 68.0 Å². The van der Waals surface area contributed by atoms with Gasteiger partial charge in [-0.3, -0.25) is 4.99 Å². The molecule has 2 rings (SSSR count). The van der Waals surface area contributed by atoms with Crippen LogP contribution in [0.15, 0.2) is 71.7 Å². The van der Waals surface area contributed by atoms with E-state index in [2.05, 4.69) is 59.6 Å². The highest BCUT2D eigenvalue weighted by atomic mass is 15.1. The van der Waals surface area contributed by atoms with Crippen molar-refractivity contribution in [3.63, 3.8) is 0 Å². The van der Waals surface area contributed by atoms with Crippen molar-refractivity contribution >= 4 is 35.1 Å². The van der Waals surface area contributed by atoms with Crippen molar-refractivity contribution in [2.75, 3.05) is 17.3 Å². The molecule has 0 spiro atoms. The van der Waals surface area contributed by atoms with Gasteiger partial charge in [0.25, 0.3) is 0 Å². The van der Waals surface area contributed by atoms with E-state index in [0.29, 0.717) is 6.67 Å². The average molecular weight is 375 g/mol. The van der Waals surface area contributed by atoms with Crippen molar-refractivity contribution in [3.05, 3.63) is 72.8 Å². The van der Waals surface area contributed by atoms with E-state index in [9.17, 15) is 0 Å². The molecule has 0 aliphatic rings. The molecule has 2 aromatic rings. The van der Waals surface area contributed by atoms with Crippen LogP contribution in [0, 0.1) is 0 Å². The van der Waals surface area contributed by atoms with E-state index < -0.39 is 0 Å². The van der Waals surface area contributed by atoms with E-state index in [0.717, 1.165) is 45.9 Å². The zero-order valence-corrected chi connectivity index (χ0v) is 17.1. The highest BCUT2D eigenvalue weighted by Crippen LogP contribution is 2.19. The van der Waals surface area contributed by atoms with Crippen molar-refractivity contribution in [1.29, 1.82) is 0 Å². The number of rotatable bonds is 9. The van der Waals surface area contributed by atoms with Crippen LogP contribution in [0.5, 0.6) is 0 Å². The van der Waals surface area contributed by atoms with Gasteiger partial charge in [0.15, 0.2) is 0 Å². The number of aliphatic imine (C=N–C) groups is 2. The molecule has 0 saturated carbocycles. The van der Waals surface area contributed by atoms with Gasteiger partial charge in [0.2, 0.25) is 0 Å². The van der Waals surface area contributed by atoms with Gasteiger partial charge in [-0.1, -0.05) is 49.9 Å². The number of amidine groups is 1. The topological polar surface area (TPSA) is 48.8 Å². The van der Waals surface area contributed by atoms with Gasteiger partial charge in [0, 0.05) is 11.4 Å². The Morgan fingerprint density at radius 2 is 1.54 bits per heavy atom. The van der Waals surface area contributed by atoms with E-state index in [1.807, 2.05) is 50.2 Å². The van der Waals surface area contributed by atoms with Crippen LogP contribution in [-0.4, -0.2) is 25.3 Å². The normalized spacial score (nSPS) is 12.2. The third-order valence-corrected chi connectivity index (χ3v) is 4.57. The van der Waals surface area contributed by atoms with Crippen LogP contribution >= 0.6 is 0 Å². The molecule has 1 atom stereocenters. The van der Waals surface area contributed by atoms with E-state index in [4.69, 9.17) is 0 Å². The quantitative estimate of drug-likeness (QED) is 0.411. The average Bonchev–Trinajstić information content (AvgIpc) is 2.72. The molecule has 0 radical (unpaired) electrons. The summed E-state index contributed by atoms with van der Waals surface area (Å²) in [5.74, 6) is 0.767. The summed E-state index contributed by atoms with van der Waals surface area (Å²) in [4.78, 5) is 8.75. The van der Waals surface area contributed by atoms with Crippen molar-refractivity contribution < 1.29 is 0 Å². The van der Waals surface area contributed by atoms with Crippen LogP contribution in [0.2, 0.25) is 0 Å². The molecule has 2 N–H and O–H groups in total. The highest BCUT2D eigenvalue weighted by molar-refractivity contribution is 5.99. The second-order valence-electron chi connectivity index (χ2n) is 6.75. The molecule has 28 heavy (non-hydrogen) atoms. The first kappa shape index (κ1) is 21.2. The Labute approximate surface area is 168 Å². The maximum atomic E-state index is 4.64. The van der Waals surface area contributed by atoms with Crippen LogP contribution in [0.1, 0.15) is 38.3 Å². The van der Waals surface area contributed by atoms with Crippen molar-refractivity contribution in [2.24, 2.45) is 9.98 Å². The molecule has 4 nitrogen and oxygen atoms in total. The molecule has 1 unspecified atom stereocenters. The Bertz CT molecular complexity index is 845. The van der Waals surface area contributed by atoms with Crippen molar-refractivity contribution in [2.45, 2.75) is 33.2 Å². The lowest BCUT2D eigenvalue weighted by atomic mass is 10.1. The fourth-order valence-electron chi connectivity index (χ4n) is 2.59. The maximum absolute atomic E-state index is 4.64. The van der Waals surface area contributed by atoms with Crippen LogP contribution in [-0.2, 0) is 0 Å². The second-order valence-corrected chi connectivity index (χ2v) is 6.75. The molecular formula is C24H30N4. The SMILES string of the molecule is C=NC(C)/C(=N/CNc1ccc(C(=C)C)cc1)Nc1ccc(C(=C)CC)cc1. The minimum Gasteiger partial charge on any atom is -0.366 e. The van der Waals surface area contributed by atoms with Gasteiger partial charge in [-0.25, -0.2) is 4.99 Å². The first-order valence-electron chi connectivity index (χ1n) is 9.49. The summed E-state index contributed by atoms with van der Waals surface area (Å²) in [6.07, 6.45) is 0.940. The standard InChI is InChI=1S/C24H30N4/c1-7-18(4)21-10-14-23(15-11-21)28-24(19(5)25-6)27-16-26-22-12-8-20(9-13-22)17(2)3/h8-15,19,26H,2,4,6-7,16H2,1,3,5H3,(H,27,28). The summed E-state index contributed by atoms with van der Waals surface area (Å²) >= 11 is 0. The molecular weight excluding hydrogens is 344 g/mol. The predicted molar refractivity (Wildman–Crippen MR) is 125 cm³/mol. The number of benzene rings is 2. The number of nitrogens with one attached hydrogen (secondary N) is 2. The lowest BCUT2D eigenvalue weighted by Crippen LogP contribution is -2.25. The van der Waals surface area contributed by atoms with Crippen LogP contribution in [0.25, 0.3) is 11.1 Å². The van der Waals surface area contributed by atoms with E-state index in [1.165, 1.54) is 0 Å². The maximum Gasteiger partial charge on any atom is 0.127 e. The smallest absolute Gasteiger partial charge is 0.127 e. The third-order valence-electron chi connectivity index (χ3n) is 4.57. The molecule has 2 aromatic carbocycles. The monoisotopic (exact) mass is 374 g/mol. The van der Waals surface area contributed by atoms with E-state index >= 15 is 0 Å². The van der Waals surface area contributed by atoms with Crippen LogP contribution in [0.4, 0.5) is 11.4 Å². The van der Waals surface area contributed by atoms with Crippen molar-refractivity contribution in [1.82, 2.24) is 0 Å². The summed E-state index contributed by atoms with van der Waals surface area (Å²) in [5, 5.41) is 6.67. The highest BCUT2D eigenvalue weighted by Gasteiger charge is 2.08. The lowest BCUT2D eigenvalue weighted by molar-refractivity contribution is 0.960. The number of hydrogen-bond acceptors (Lipinski definition) is 3. The summed E-state index contributed by atoms with van der Waals surface area (Å²) in [7, 11) is 0. The van der Waals surface area contributed by atoms with Crippen molar-refractivity contribution in [3.8, 4) is 0 Å². The summed E-state index contributed by atoms with van der Waals surface area (Å²) in [6, 6.07) is 16.2. The van der Waals surface area contributed by atoms with Gasteiger partial charge in [-0.2, -0.15) is 0 Å². The Morgan fingerprint density at radius 3 is 2.07 bits per heavy atom. The Hall–Kier alpha value is -3.14. The molecule has 0 aliphatic carbocycles. The molecule has 0 amide bonds. The van der Waals surface area contributed by atoms with Gasteiger partial charge >= 0.3 is 0 Å². The summed E-state index contributed by atoms with van der Waals surface area (Å²) in [6.45, 7) is 18.2. The van der Waals surface area contributed by atoms with Crippen LogP contribution in [0.3, 0.4) is 0 Å². The Balaban J connectivity index is 2.05. The van der Waals surface area contributed by atoms with Gasteiger partial charge < -0.3 is 10.6 Å². The first-order chi connectivity index (χ1) is 13.4. The summed E-state index contributed by atoms with van der Waals surface area (Å²) in [5.41, 5.74) is 6.44. The molecule has 0 bridgehead atoms. The molecule has 0 aliphatic heterocycles. The Morgan fingerprint density at radius 1 is 0.964 bits per heavy atom. The summed E-state index contributed by atoms with van der Waals surface area (Å²) < 4.78 is 0. The molecule has 146 valence electrons. The number of anilines is 2. The number of hydrogen-bond donors (Lipinski definition) is 2. The van der Waals surface area contributed by atoms with E-state index in [1.54, 1.807) is 0 Å². The molecule has 4 heteroatoms. The predicted octanol–water partition coefficient (Wildman–Crippen LogP) is 6.11. The fraction of sp³-hybridized carbons (Fsp3) is 0.250.